The Bertz CT molecular complexity index is 607. The molecule has 28 heavy (non-hydrogen) atoms. The molecule has 158 valence electrons. The van der Waals surface area contributed by atoms with Crippen LogP contribution in [0.2, 0.25) is 0 Å². The summed E-state index contributed by atoms with van der Waals surface area (Å²) < 4.78 is 30.0. The summed E-state index contributed by atoms with van der Waals surface area (Å²) in [6, 6.07) is 5.02. The number of aliphatic imine (C=N–C) groups is 1. The van der Waals surface area contributed by atoms with Crippen LogP contribution in [-0.2, 0) is 16.0 Å². The first-order valence-electron chi connectivity index (χ1n) is 10.1. The van der Waals surface area contributed by atoms with E-state index in [1.54, 1.807) is 6.07 Å². The molecule has 0 unspecified atom stereocenters. The Morgan fingerprint density at radius 1 is 1.36 bits per heavy atom. The van der Waals surface area contributed by atoms with Gasteiger partial charge in [0.2, 0.25) is 0 Å². The lowest BCUT2D eigenvalue weighted by Crippen LogP contribution is -2.38. The minimum absolute atomic E-state index is 0.257. The van der Waals surface area contributed by atoms with Crippen LogP contribution in [0.4, 0.5) is 4.39 Å². The molecular formula is C21H34FN3O3. The summed E-state index contributed by atoms with van der Waals surface area (Å²) in [6.07, 6.45) is 3.07. The van der Waals surface area contributed by atoms with Crippen LogP contribution in [0.15, 0.2) is 23.2 Å². The van der Waals surface area contributed by atoms with Crippen LogP contribution in [0.5, 0.6) is 5.75 Å². The zero-order chi connectivity index (χ0) is 20.2. The van der Waals surface area contributed by atoms with Gasteiger partial charge in [-0.25, -0.2) is 4.39 Å². The van der Waals surface area contributed by atoms with Crippen LogP contribution in [0, 0.1) is 11.7 Å². The first-order valence-corrected chi connectivity index (χ1v) is 10.1. The fraction of sp³-hybridized carbons (Fsp3) is 0.667. The molecule has 6 nitrogen and oxygen atoms in total. The van der Waals surface area contributed by atoms with Crippen molar-refractivity contribution in [1.82, 2.24) is 10.2 Å². The van der Waals surface area contributed by atoms with Gasteiger partial charge in [-0.3, -0.25) is 4.99 Å². The van der Waals surface area contributed by atoms with Crippen molar-refractivity contribution in [3.05, 3.63) is 29.6 Å². The maximum Gasteiger partial charge on any atom is 0.193 e. The molecule has 1 aromatic rings. The van der Waals surface area contributed by atoms with E-state index in [2.05, 4.69) is 10.3 Å². The number of hydrogen-bond acceptors (Lipinski definition) is 4. The van der Waals surface area contributed by atoms with E-state index in [1.165, 1.54) is 13.2 Å². The van der Waals surface area contributed by atoms with Gasteiger partial charge in [-0.1, -0.05) is 6.07 Å². The molecule has 1 fully saturated rings. The molecule has 1 N–H and O–H groups in total. The van der Waals surface area contributed by atoms with Crippen LogP contribution in [-0.4, -0.2) is 64.5 Å². The maximum atomic E-state index is 13.9. The third-order valence-corrected chi connectivity index (χ3v) is 4.74. The molecule has 0 amide bonds. The summed E-state index contributed by atoms with van der Waals surface area (Å²) in [4.78, 5) is 6.66. The number of hydrogen-bond donors (Lipinski definition) is 1. The van der Waals surface area contributed by atoms with Crippen molar-refractivity contribution in [3.63, 3.8) is 0 Å². The number of guanidine groups is 1. The molecule has 0 radical (unpaired) electrons. The second-order valence-electron chi connectivity index (χ2n) is 7.04. The van der Waals surface area contributed by atoms with Crippen molar-refractivity contribution < 1.29 is 18.6 Å². The SMILES string of the molecule is CCNC(=NCCCOCC1CCOCC1)N(C)Cc1ccc(OC)c(F)c1. The summed E-state index contributed by atoms with van der Waals surface area (Å²) in [6.45, 7) is 7.31. The number of methoxy groups -OCH3 is 1. The number of nitrogens with one attached hydrogen (secondary N) is 1. The average molecular weight is 396 g/mol. The van der Waals surface area contributed by atoms with E-state index in [0.29, 0.717) is 25.6 Å². The molecule has 0 spiro atoms. The largest absolute Gasteiger partial charge is 0.494 e. The number of ether oxygens (including phenoxy) is 3. The van der Waals surface area contributed by atoms with E-state index in [0.717, 1.165) is 57.2 Å². The van der Waals surface area contributed by atoms with E-state index in [-0.39, 0.29) is 11.6 Å². The van der Waals surface area contributed by atoms with Crippen molar-refractivity contribution in [3.8, 4) is 5.75 Å². The maximum absolute atomic E-state index is 13.9. The topological polar surface area (TPSA) is 55.3 Å². The molecule has 0 bridgehead atoms. The zero-order valence-corrected chi connectivity index (χ0v) is 17.4. The quantitative estimate of drug-likeness (QED) is 0.375. The molecular weight excluding hydrogens is 361 g/mol. The van der Waals surface area contributed by atoms with Crippen LogP contribution in [0.1, 0.15) is 31.7 Å². The predicted octanol–water partition coefficient (Wildman–Crippen LogP) is 3.06. The van der Waals surface area contributed by atoms with Gasteiger partial charge in [0.15, 0.2) is 17.5 Å². The molecule has 2 rings (SSSR count). The van der Waals surface area contributed by atoms with Gasteiger partial charge in [0, 0.05) is 53.1 Å². The highest BCUT2D eigenvalue weighted by atomic mass is 19.1. The minimum atomic E-state index is -0.350. The third-order valence-electron chi connectivity index (χ3n) is 4.74. The fourth-order valence-corrected chi connectivity index (χ4v) is 3.14. The van der Waals surface area contributed by atoms with Crippen LogP contribution in [0.3, 0.4) is 0 Å². The Morgan fingerprint density at radius 3 is 2.82 bits per heavy atom. The third kappa shape index (κ3) is 7.64. The highest BCUT2D eigenvalue weighted by molar-refractivity contribution is 5.79. The molecule has 1 saturated heterocycles. The standard InChI is InChI=1S/C21H34FN3O3/c1-4-23-21(24-10-5-11-28-16-17-8-12-27-13-9-17)25(2)15-18-6-7-20(26-3)19(22)14-18/h6-7,14,17H,4-5,8-13,15-16H2,1-3H3,(H,23,24). The van der Waals surface area contributed by atoms with Crippen LogP contribution in [0.25, 0.3) is 0 Å². The highest BCUT2D eigenvalue weighted by Gasteiger charge is 2.13. The second kappa shape index (κ2) is 12.6. The lowest BCUT2D eigenvalue weighted by Gasteiger charge is -2.22. The predicted molar refractivity (Wildman–Crippen MR) is 109 cm³/mol. The summed E-state index contributed by atoms with van der Waals surface area (Å²) in [7, 11) is 3.42. The van der Waals surface area contributed by atoms with E-state index < -0.39 is 0 Å². The van der Waals surface area contributed by atoms with Crippen molar-refractivity contribution in [1.29, 1.82) is 0 Å². The summed E-state index contributed by atoms with van der Waals surface area (Å²) in [5.41, 5.74) is 0.867. The molecule has 1 aliphatic heterocycles. The summed E-state index contributed by atoms with van der Waals surface area (Å²) in [5, 5.41) is 3.29. The molecule has 0 atom stereocenters. The summed E-state index contributed by atoms with van der Waals surface area (Å²) in [5.74, 6) is 1.35. The first kappa shape index (κ1) is 22.4. The molecule has 1 heterocycles. The molecule has 1 aromatic carbocycles. The normalized spacial score (nSPS) is 15.5. The van der Waals surface area contributed by atoms with E-state index in [4.69, 9.17) is 14.2 Å². The molecule has 1 aliphatic rings. The van der Waals surface area contributed by atoms with E-state index in [9.17, 15) is 4.39 Å². The second-order valence-corrected chi connectivity index (χ2v) is 7.04. The molecule has 7 heteroatoms. The Balaban J connectivity index is 1.75. The van der Waals surface area contributed by atoms with Crippen molar-refractivity contribution in [2.24, 2.45) is 10.9 Å². The number of halogens is 1. The molecule has 0 aliphatic carbocycles. The van der Waals surface area contributed by atoms with Gasteiger partial charge >= 0.3 is 0 Å². The average Bonchev–Trinajstić information content (AvgIpc) is 2.70. The van der Waals surface area contributed by atoms with Gasteiger partial charge in [-0.05, 0) is 49.8 Å². The minimum Gasteiger partial charge on any atom is -0.494 e. The monoisotopic (exact) mass is 395 g/mol. The van der Waals surface area contributed by atoms with E-state index in [1.807, 2.05) is 24.9 Å². The van der Waals surface area contributed by atoms with Gasteiger partial charge in [-0.15, -0.1) is 0 Å². The number of rotatable bonds is 10. The Morgan fingerprint density at radius 2 is 2.14 bits per heavy atom. The lowest BCUT2D eigenvalue weighted by atomic mass is 10.0. The number of nitrogens with zero attached hydrogens (tertiary/aromatic N) is 2. The molecule has 0 saturated carbocycles. The van der Waals surface area contributed by atoms with Gasteiger partial charge in [-0.2, -0.15) is 0 Å². The van der Waals surface area contributed by atoms with E-state index >= 15 is 0 Å². The fourth-order valence-electron chi connectivity index (χ4n) is 3.14. The van der Waals surface area contributed by atoms with Gasteiger partial charge in [0.1, 0.15) is 0 Å². The van der Waals surface area contributed by atoms with Gasteiger partial charge in [0.25, 0.3) is 0 Å². The van der Waals surface area contributed by atoms with Crippen LogP contribution < -0.4 is 10.1 Å². The van der Waals surface area contributed by atoms with Crippen molar-refractivity contribution >= 4 is 5.96 Å². The number of benzene rings is 1. The van der Waals surface area contributed by atoms with Crippen LogP contribution >= 0.6 is 0 Å². The first-order chi connectivity index (χ1) is 13.6. The zero-order valence-electron chi connectivity index (χ0n) is 17.4. The van der Waals surface area contributed by atoms with Crippen molar-refractivity contribution in [2.75, 3.05) is 53.7 Å². The van der Waals surface area contributed by atoms with Gasteiger partial charge < -0.3 is 24.4 Å². The van der Waals surface area contributed by atoms with Crippen molar-refractivity contribution in [2.45, 2.75) is 32.7 Å². The Kier molecular flexibility index (Phi) is 10.1. The summed E-state index contributed by atoms with van der Waals surface area (Å²) >= 11 is 0. The van der Waals surface area contributed by atoms with Gasteiger partial charge in [0.05, 0.1) is 7.11 Å². The highest BCUT2D eigenvalue weighted by Crippen LogP contribution is 2.18. The Labute approximate surface area is 168 Å². The Hall–Kier alpha value is -1.86. The smallest absolute Gasteiger partial charge is 0.193 e. The molecule has 0 aromatic heterocycles. The lowest BCUT2D eigenvalue weighted by molar-refractivity contribution is 0.0205.